The number of thiol groups is 1. The molecule has 4 rings (SSSR count). The van der Waals surface area contributed by atoms with E-state index in [1.54, 1.807) is 15.3 Å². The van der Waals surface area contributed by atoms with Gasteiger partial charge in [0.15, 0.2) is 0 Å². The Balaban J connectivity index is 1.79. The summed E-state index contributed by atoms with van der Waals surface area (Å²) in [6.45, 7) is 0. The number of aromatic nitrogens is 3. The van der Waals surface area contributed by atoms with E-state index in [9.17, 15) is 4.79 Å². The van der Waals surface area contributed by atoms with Crippen molar-refractivity contribution in [3.63, 3.8) is 0 Å². The number of hydrogen-bond donors (Lipinski definition) is 1. The standard InChI is InChI=1S/C16H15N3OS2/c20-12-3-1-10(2-4-12)11-7-13-14(16-17-5-6-22-16)9-19(21)15(13)18-8-11/h5-10,21H,1-4H2. The van der Waals surface area contributed by atoms with Gasteiger partial charge in [0.25, 0.3) is 0 Å². The van der Waals surface area contributed by atoms with E-state index < -0.39 is 0 Å². The van der Waals surface area contributed by atoms with Crippen molar-refractivity contribution in [1.29, 1.82) is 0 Å². The van der Waals surface area contributed by atoms with Crippen molar-refractivity contribution in [3.8, 4) is 10.6 Å². The third-order valence-electron chi connectivity index (χ3n) is 4.32. The Labute approximate surface area is 137 Å². The lowest BCUT2D eigenvalue weighted by Gasteiger charge is -2.21. The zero-order valence-corrected chi connectivity index (χ0v) is 13.6. The predicted molar refractivity (Wildman–Crippen MR) is 91.4 cm³/mol. The first-order valence-electron chi connectivity index (χ1n) is 7.34. The Morgan fingerprint density at radius 3 is 2.82 bits per heavy atom. The van der Waals surface area contributed by atoms with Gasteiger partial charge < -0.3 is 0 Å². The van der Waals surface area contributed by atoms with Gasteiger partial charge >= 0.3 is 0 Å². The fourth-order valence-electron chi connectivity index (χ4n) is 3.13. The molecule has 0 N–H and O–H groups in total. The highest BCUT2D eigenvalue weighted by atomic mass is 32.1. The summed E-state index contributed by atoms with van der Waals surface area (Å²) in [5, 5.41) is 4.04. The molecular weight excluding hydrogens is 314 g/mol. The van der Waals surface area contributed by atoms with E-state index in [2.05, 4.69) is 28.8 Å². The van der Waals surface area contributed by atoms with Crippen molar-refractivity contribution in [3.05, 3.63) is 35.6 Å². The topological polar surface area (TPSA) is 47.8 Å². The van der Waals surface area contributed by atoms with Gasteiger partial charge in [-0.15, -0.1) is 11.3 Å². The van der Waals surface area contributed by atoms with Crippen LogP contribution in [0.15, 0.2) is 30.0 Å². The highest BCUT2D eigenvalue weighted by Crippen LogP contribution is 2.36. The molecule has 1 aliphatic rings. The molecule has 1 saturated carbocycles. The van der Waals surface area contributed by atoms with Crippen molar-refractivity contribution >= 4 is 41.0 Å². The van der Waals surface area contributed by atoms with E-state index in [0.29, 0.717) is 24.5 Å². The number of nitrogens with zero attached hydrogens (tertiary/aromatic N) is 3. The molecule has 1 aliphatic carbocycles. The van der Waals surface area contributed by atoms with Gasteiger partial charge in [-0.25, -0.2) is 9.97 Å². The van der Waals surface area contributed by atoms with E-state index in [0.717, 1.165) is 34.4 Å². The maximum atomic E-state index is 11.4. The van der Waals surface area contributed by atoms with Crippen molar-refractivity contribution < 1.29 is 4.79 Å². The number of rotatable bonds is 2. The molecule has 1 fully saturated rings. The molecule has 112 valence electrons. The number of Topliss-reactive ketones (excluding diaryl/α,β-unsaturated/α-hetero) is 1. The van der Waals surface area contributed by atoms with Gasteiger partial charge in [0, 0.05) is 47.8 Å². The van der Waals surface area contributed by atoms with Gasteiger partial charge in [-0.05, 0) is 30.4 Å². The van der Waals surface area contributed by atoms with Crippen LogP contribution in [0.4, 0.5) is 0 Å². The molecule has 0 aliphatic heterocycles. The Bertz CT molecular complexity index is 829. The van der Waals surface area contributed by atoms with Gasteiger partial charge in [0.05, 0.1) is 0 Å². The summed E-state index contributed by atoms with van der Waals surface area (Å²) >= 11 is 6.08. The first-order chi connectivity index (χ1) is 10.7. The van der Waals surface area contributed by atoms with Crippen molar-refractivity contribution in [2.75, 3.05) is 0 Å². The highest BCUT2D eigenvalue weighted by Gasteiger charge is 2.22. The van der Waals surface area contributed by atoms with Crippen LogP contribution in [0, 0.1) is 0 Å². The molecule has 0 aromatic carbocycles. The van der Waals surface area contributed by atoms with E-state index in [1.807, 2.05) is 24.0 Å². The molecule has 0 radical (unpaired) electrons. The molecule has 0 amide bonds. The number of carbonyl (C=O) groups is 1. The number of hydrogen-bond acceptors (Lipinski definition) is 5. The van der Waals surface area contributed by atoms with E-state index in [4.69, 9.17) is 0 Å². The summed E-state index contributed by atoms with van der Waals surface area (Å²) in [4.78, 5) is 20.4. The van der Waals surface area contributed by atoms with Crippen molar-refractivity contribution in [1.82, 2.24) is 13.9 Å². The monoisotopic (exact) mass is 329 g/mol. The Morgan fingerprint density at radius 2 is 2.09 bits per heavy atom. The van der Waals surface area contributed by atoms with Crippen molar-refractivity contribution in [2.24, 2.45) is 0 Å². The minimum absolute atomic E-state index is 0.385. The van der Waals surface area contributed by atoms with Crippen LogP contribution in [0.2, 0.25) is 0 Å². The Kier molecular flexibility index (Phi) is 3.50. The summed E-state index contributed by atoms with van der Waals surface area (Å²) in [6, 6.07) is 2.20. The molecule has 0 unspecified atom stereocenters. The first-order valence-corrected chi connectivity index (χ1v) is 8.62. The minimum Gasteiger partial charge on any atom is -0.300 e. The second kappa shape index (κ2) is 5.52. The second-order valence-electron chi connectivity index (χ2n) is 5.68. The average molecular weight is 329 g/mol. The molecule has 4 nitrogen and oxygen atoms in total. The predicted octanol–water partition coefficient (Wildman–Crippen LogP) is 4.08. The summed E-state index contributed by atoms with van der Waals surface area (Å²) in [5.74, 6) is 0.817. The number of thiazole rings is 1. The lowest BCUT2D eigenvalue weighted by atomic mass is 9.84. The Hall–Kier alpha value is -1.66. The van der Waals surface area contributed by atoms with Crippen LogP contribution in [0.1, 0.15) is 37.2 Å². The molecule has 6 heteroatoms. The van der Waals surface area contributed by atoms with Gasteiger partial charge in [0.2, 0.25) is 0 Å². The molecule has 22 heavy (non-hydrogen) atoms. The Morgan fingerprint density at radius 1 is 1.27 bits per heavy atom. The van der Waals surface area contributed by atoms with Crippen LogP contribution < -0.4 is 0 Å². The summed E-state index contributed by atoms with van der Waals surface area (Å²) in [5.41, 5.74) is 3.14. The summed E-state index contributed by atoms with van der Waals surface area (Å²) in [7, 11) is 0. The van der Waals surface area contributed by atoms with Gasteiger partial charge in [-0.3, -0.25) is 8.77 Å². The zero-order chi connectivity index (χ0) is 15.1. The molecule has 0 atom stereocenters. The van der Waals surface area contributed by atoms with Crippen LogP contribution in [-0.2, 0) is 4.79 Å². The maximum Gasteiger partial charge on any atom is 0.150 e. The quantitative estimate of drug-likeness (QED) is 0.721. The molecule has 0 saturated heterocycles. The van der Waals surface area contributed by atoms with Gasteiger partial charge in [-0.2, -0.15) is 0 Å². The summed E-state index contributed by atoms with van der Waals surface area (Å²) < 4.78 is 1.75. The third-order valence-corrected chi connectivity index (χ3v) is 5.44. The third kappa shape index (κ3) is 2.36. The van der Waals surface area contributed by atoms with E-state index in [-0.39, 0.29) is 0 Å². The first kappa shape index (κ1) is 14.0. The largest absolute Gasteiger partial charge is 0.300 e. The number of carbonyl (C=O) groups excluding carboxylic acids is 1. The number of fused-ring (bicyclic) bond motifs is 1. The molecule has 3 heterocycles. The van der Waals surface area contributed by atoms with Crippen LogP contribution in [0.25, 0.3) is 21.6 Å². The fraction of sp³-hybridized carbons (Fsp3) is 0.312. The SMILES string of the molecule is O=C1CCC(c2cnc3c(c2)c(-c2nccs2)cn3S)CC1. The maximum absolute atomic E-state index is 11.4. The van der Waals surface area contributed by atoms with Gasteiger partial charge in [0.1, 0.15) is 16.4 Å². The molecule has 3 aromatic heterocycles. The minimum atomic E-state index is 0.385. The van der Waals surface area contributed by atoms with E-state index >= 15 is 0 Å². The molecule has 3 aromatic rings. The molecule has 0 bridgehead atoms. The summed E-state index contributed by atoms with van der Waals surface area (Å²) in [6.07, 6.45) is 8.95. The number of pyridine rings is 1. The van der Waals surface area contributed by atoms with Crippen molar-refractivity contribution in [2.45, 2.75) is 31.6 Å². The lowest BCUT2D eigenvalue weighted by molar-refractivity contribution is -0.120. The molecular formula is C16H15N3OS2. The highest BCUT2D eigenvalue weighted by molar-refractivity contribution is 7.78. The van der Waals surface area contributed by atoms with Crippen LogP contribution in [0.3, 0.4) is 0 Å². The average Bonchev–Trinajstić information content (AvgIpc) is 3.16. The lowest BCUT2D eigenvalue weighted by Crippen LogP contribution is -2.12. The van der Waals surface area contributed by atoms with E-state index in [1.165, 1.54) is 5.56 Å². The second-order valence-corrected chi connectivity index (χ2v) is 7.00. The fourth-order valence-corrected chi connectivity index (χ4v) is 4.07. The van der Waals surface area contributed by atoms with Gasteiger partial charge in [-0.1, -0.05) is 12.8 Å². The zero-order valence-electron chi connectivity index (χ0n) is 11.9. The van der Waals surface area contributed by atoms with Crippen LogP contribution in [0.5, 0.6) is 0 Å². The van der Waals surface area contributed by atoms with Crippen LogP contribution in [-0.4, -0.2) is 19.7 Å². The molecule has 0 spiro atoms. The number of ketones is 1. The smallest absolute Gasteiger partial charge is 0.150 e. The normalized spacial score (nSPS) is 16.5. The van der Waals surface area contributed by atoms with Crippen LogP contribution >= 0.6 is 24.2 Å².